The van der Waals surface area contributed by atoms with E-state index in [0.717, 1.165) is 39.0 Å². The first-order valence-electron chi connectivity index (χ1n) is 8.97. The molecule has 1 aromatic carbocycles. The van der Waals surface area contributed by atoms with E-state index in [1.807, 2.05) is 24.8 Å². The Morgan fingerprint density at radius 3 is 2.76 bits per heavy atom. The van der Waals surface area contributed by atoms with Gasteiger partial charge in [-0.2, -0.15) is 0 Å². The lowest BCUT2D eigenvalue weighted by Crippen LogP contribution is -2.44. The molecule has 0 spiro atoms. The fourth-order valence-corrected chi connectivity index (χ4v) is 3.34. The van der Waals surface area contributed by atoms with Crippen LogP contribution in [0.3, 0.4) is 0 Å². The van der Waals surface area contributed by atoms with Gasteiger partial charge in [0.25, 0.3) is 5.69 Å². The van der Waals surface area contributed by atoms with E-state index in [-0.39, 0.29) is 22.4 Å². The molecule has 1 aliphatic heterocycles. The van der Waals surface area contributed by atoms with E-state index in [1.165, 1.54) is 6.07 Å². The number of nitro groups is 1. The van der Waals surface area contributed by atoms with Crippen molar-refractivity contribution >= 4 is 17.7 Å². The molecule has 136 valence electrons. The van der Waals surface area contributed by atoms with Gasteiger partial charge in [0.15, 0.2) is 0 Å². The zero-order valence-corrected chi connectivity index (χ0v) is 15.1. The molecule has 0 saturated carbocycles. The Kier molecular flexibility index (Phi) is 7.13. The maximum Gasteiger partial charge on any atom is 0.276 e. The van der Waals surface area contributed by atoms with Crippen molar-refractivity contribution in [2.45, 2.75) is 26.7 Å². The first-order chi connectivity index (χ1) is 12.1. The molecule has 2 rings (SSSR count). The number of para-hydroxylation sites is 1. The minimum Gasteiger partial charge on any atom is -0.343 e. The molecule has 6 nitrogen and oxygen atoms in total. The van der Waals surface area contributed by atoms with Gasteiger partial charge in [-0.25, -0.2) is 0 Å². The first kappa shape index (κ1) is 19.1. The molecule has 6 heteroatoms. The van der Waals surface area contributed by atoms with Gasteiger partial charge in [-0.05, 0) is 39.3 Å². The van der Waals surface area contributed by atoms with Crippen molar-refractivity contribution in [2.75, 3.05) is 32.7 Å². The molecule has 0 aromatic heterocycles. The zero-order chi connectivity index (χ0) is 18.2. The van der Waals surface area contributed by atoms with Gasteiger partial charge in [-0.15, -0.1) is 0 Å². The average molecular weight is 345 g/mol. The van der Waals surface area contributed by atoms with Gasteiger partial charge in [-0.3, -0.25) is 19.8 Å². The monoisotopic (exact) mass is 345 g/mol. The molecule has 1 heterocycles. The molecular weight excluding hydrogens is 318 g/mol. The van der Waals surface area contributed by atoms with Gasteiger partial charge in [0.2, 0.25) is 5.91 Å². The summed E-state index contributed by atoms with van der Waals surface area (Å²) in [6.45, 7) is 7.95. The van der Waals surface area contributed by atoms with Crippen molar-refractivity contribution in [3.8, 4) is 0 Å². The number of hydrogen-bond acceptors (Lipinski definition) is 4. The van der Waals surface area contributed by atoms with Crippen LogP contribution in [0.4, 0.5) is 5.69 Å². The minimum atomic E-state index is -0.362. The number of nitro benzene ring substituents is 1. The van der Waals surface area contributed by atoms with E-state index in [2.05, 4.69) is 4.90 Å². The van der Waals surface area contributed by atoms with Crippen molar-refractivity contribution in [1.82, 2.24) is 9.80 Å². The van der Waals surface area contributed by atoms with Crippen LogP contribution in [-0.2, 0) is 4.79 Å². The van der Waals surface area contributed by atoms with Gasteiger partial charge in [-0.1, -0.05) is 24.3 Å². The zero-order valence-electron chi connectivity index (χ0n) is 15.1. The number of piperidine rings is 1. The summed E-state index contributed by atoms with van der Waals surface area (Å²) in [6, 6.07) is 6.73. The molecule has 1 aromatic rings. The van der Waals surface area contributed by atoms with Gasteiger partial charge < -0.3 is 4.90 Å². The summed E-state index contributed by atoms with van der Waals surface area (Å²) in [7, 11) is 0. The smallest absolute Gasteiger partial charge is 0.276 e. The highest BCUT2D eigenvalue weighted by molar-refractivity contribution is 5.79. The van der Waals surface area contributed by atoms with Crippen molar-refractivity contribution in [2.24, 2.45) is 5.92 Å². The molecule has 1 amide bonds. The normalized spacial score (nSPS) is 18.4. The fourth-order valence-electron chi connectivity index (χ4n) is 3.34. The van der Waals surface area contributed by atoms with Gasteiger partial charge in [0.1, 0.15) is 0 Å². The molecule has 25 heavy (non-hydrogen) atoms. The lowest BCUT2D eigenvalue weighted by atomic mass is 9.96. The Bertz CT molecular complexity index is 626. The maximum atomic E-state index is 12.5. The highest BCUT2D eigenvalue weighted by atomic mass is 16.6. The van der Waals surface area contributed by atoms with Crippen LogP contribution in [0.1, 0.15) is 32.3 Å². The van der Waals surface area contributed by atoms with E-state index in [4.69, 9.17) is 0 Å². The highest BCUT2D eigenvalue weighted by Gasteiger charge is 2.27. The Hall–Kier alpha value is -2.21. The van der Waals surface area contributed by atoms with Crippen LogP contribution in [0.15, 0.2) is 30.3 Å². The van der Waals surface area contributed by atoms with Crippen molar-refractivity contribution in [3.05, 3.63) is 46.0 Å². The highest BCUT2D eigenvalue weighted by Crippen LogP contribution is 2.21. The summed E-state index contributed by atoms with van der Waals surface area (Å²) in [5.74, 6) is 0.311. The predicted octanol–water partition coefficient (Wildman–Crippen LogP) is 3.19. The quantitative estimate of drug-likeness (QED) is 0.562. The van der Waals surface area contributed by atoms with E-state index >= 15 is 0 Å². The fraction of sp³-hybridized carbons (Fsp3) is 0.526. The predicted molar refractivity (Wildman–Crippen MR) is 99.2 cm³/mol. The van der Waals surface area contributed by atoms with Crippen molar-refractivity contribution in [1.29, 1.82) is 0 Å². The van der Waals surface area contributed by atoms with E-state index in [9.17, 15) is 14.9 Å². The second-order valence-electron chi connectivity index (χ2n) is 6.33. The van der Waals surface area contributed by atoms with E-state index < -0.39 is 0 Å². The van der Waals surface area contributed by atoms with Crippen LogP contribution in [0.25, 0.3) is 6.08 Å². The molecule has 1 saturated heterocycles. The van der Waals surface area contributed by atoms with Crippen LogP contribution in [0.5, 0.6) is 0 Å². The Labute approximate surface area is 149 Å². The summed E-state index contributed by atoms with van der Waals surface area (Å²) >= 11 is 0. The van der Waals surface area contributed by atoms with Gasteiger partial charge in [0.05, 0.1) is 16.4 Å². The Morgan fingerprint density at radius 2 is 2.08 bits per heavy atom. The third-order valence-corrected chi connectivity index (χ3v) is 4.72. The second kappa shape index (κ2) is 9.32. The summed E-state index contributed by atoms with van der Waals surface area (Å²) in [5, 5.41) is 11.0. The molecule has 1 fully saturated rings. The van der Waals surface area contributed by atoms with Gasteiger partial charge >= 0.3 is 0 Å². The summed E-state index contributed by atoms with van der Waals surface area (Å²) in [4.78, 5) is 27.4. The largest absolute Gasteiger partial charge is 0.343 e. The van der Waals surface area contributed by atoms with Crippen LogP contribution >= 0.6 is 0 Å². The molecule has 1 atom stereocenters. The molecule has 0 bridgehead atoms. The third kappa shape index (κ3) is 5.13. The lowest BCUT2D eigenvalue weighted by Gasteiger charge is -2.33. The molecule has 0 radical (unpaired) electrons. The maximum absolute atomic E-state index is 12.5. The van der Waals surface area contributed by atoms with E-state index in [1.54, 1.807) is 24.3 Å². The number of hydrogen-bond donors (Lipinski definition) is 0. The van der Waals surface area contributed by atoms with Crippen molar-refractivity contribution < 1.29 is 9.72 Å². The van der Waals surface area contributed by atoms with Crippen LogP contribution in [-0.4, -0.2) is 53.4 Å². The molecule has 1 aliphatic rings. The molecule has 0 N–H and O–H groups in total. The number of carbonyl (C=O) groups excluding carboxylic acids is 1. The number of amides is 1. The summed E-state index contributed by atoms with van der Waals surface area (Å²) in [5.41, 5.74) is 0.729. The number of nitrogens with zero attached hydrogens (tertiary/aromatic N) is 3. The van der Waals surface area contributed by atoms with Crippen LogP contribution in [0, 0.1) is 16.0 Å². The standard InChI is InChI=1S/C19H27N3O3/c1-3-21(4-2)19(23)17-11-8-14-20(15-17)13-7-10-16-9-5-6-12-18(16)22(24)25/h5-7,9-10,12,17H,3-4,8,11,13-15H2,1-2H3/b10-7+/t17-/m0/s1. The summed E-state index contributed by atoms with van der Waals surface area (Å²) in [6.07, 6.45) is 5.71. The number of benzene rings is 1. The third-order valence-electron chi connectivity index (χ3n) is 4.72. The summed E-state index contributed by atoms with van der Waals surface area (Å²) < 4.78 is 0. The average Bonchev–Trinajstić information content (AvgIpc) is 2.63. The minimum absolute atomic E-state index is 0.0631. The topological polar surface area (TPSA) is 66.7 Å². The van der Waals surface area contributed by atoms with Crippen molar-refractivity contribution in [3.63, 3.8) is 0 Å². The number of rotatable bonds is 7. The van der Waals surface area contributed by atoms with Gasteiger partial charge in [0, 0.05) is 32.2 Å². The number of carbonyl (C=O) groups is 1. The SMILES string of the molecule is CCN(CC)C(=O)[C@H]1CCCN(C/C=C/c2ccccc2[N+](=O)[O-])C1. The Balaban J connectivity index is 1.95. The number of likely N-dealkylation sites (tertiary alicyclic amines) is 1. The molecule has 0 aliphatic carbocycles. The Morgan fingerprint density at radius 1 is 1.36 bits per heavy atom. The molecule has 0 unspecified atom stereocenters. The molecular formula is C19H27N3O3. The lowest BCUT2D eigenvalue weighted by molar-refractivity contribution is -0.385. The van der Waals surface area contributed by atoms with Crippen LogP contribution in [0.2, 0.25) is 0 Å². The first-order valence-corrected chi connectivity index (χ1v) is 8.97. The second-order valence-corrected chi connectivity index (χ2v) is 6.33. The van der Waals surface area contributed by atoms with Crippen LogP contribution < -0.4 is 0 Å². The van der Waals surface area contributed by atoms with E-state index in [0.29, 0.717) is 12.1 Å².